The first-order valence-electron chi connectivity index (χ1n) is 4.34. The van der Waals surface area contributed by atoms with Gasteiger partial charge in [-0.1, -0.05) is 13.8 Å². The van der Waals surface area contributed by atoms with Crippen molar-refractivity contribution in [2.24, 2.45) is 7.05 Å². The lowest BCUT2D eigenvalue weighted by atomic mass is 9.91. The summed E-state index contributed by atoms with van der Waals surface area (Å²) in [5.41, 5.74) is 8.50. The summed E-state index contributed by atoms with van der Waals surface area (Å²) in [4.78, 5) is 4.33. The van der Waals surface area contributed by atoms with Gasteiger partial charge in [-0.3, -0.25) is 0 Å². The Bertz CT molecular complexity index is 323. The molecular formula is C9H15N3. The predicted octanol–water partition coefficient (Wildman–Crippen LogP) is 1.23. The second-order valence-corrected chi connectivity index (χ2v) is 4.21. The first kappa shape index (κ1) is 7.65. The van der Waals surface area contributed by atoms with Crippen LogP contribution in [0.3, 0.4) is 0 Å². The Balaban J connectivity index is 2.63. The van der Waals surface area contributed by atoms with Crippen LogP contribution in [0.15, 0.2) is 0 Å². The van der Waals surface area contributed by atoms with Crippen LogP contribution in [-0.4, -0.2) is 9.55 Å². The minimum atomic E-state index is 0.259. The fourth-order valence-corrected chi connectivity index (χ4v) is 2.14. The molecule has 1 aromatic heterocycles. The highest BCUT2D eigenvalue weighted by molar-refractivity contribution is 5.37. The first-order valence-corrected chi connectivity index (χ1v) is 4.34. The zero-order chi connectivity index (χ0) is 8.93. The summed E-state index contributed by atoms with van der Waals surface area (Å²) in [5.74, 6) is 0.646. The van der Waals surface area contributed by atoms with Gasteiger partial charge in [0, 0.05) is 18.2 Å². The van der Waals surface area contributed by atoms with E-state index in [9.17, 15) is 0 Å². The van der Waals surface area contributed by atoms with Crippen molar-refractivity contribution in [3.8, 4) is 0 Å². The zero-order valence-electron chi connectivity index (χ0n) is 7.89. The summed E-state index contributed by atoms with van der Waals surface area (Å²) in [6.45, 7) is 4.50. The predicted molar refractivity (Wildman–Crippen MR) is 49.0 cm³/mol. The number of fused-ring (bicyclic) bond motifs is 1. The third kappa shape index (κ3) is 0.792. The molecule has 1 aromatic rings. The molecule has 1 aliphatic rings. The Hall–Kier alpha value is -0.990. The molecule has 0 radical (unpaired) electrons. The normalized spacial score (nSPS) is 19.6. The van der Waals surface area contributed by atoms with Crippen LogP contribution < -0.4 is 5.73 Å². The molecule has 0 amide bonds. The van der Waals surface area contributed by atoms with Crippen LogP contribution in [0.1, 0.15) is 31.7 Å². The second-order valence-electron chi connectivity index (χ2n) is 4.21. The molecule has 2 N–H and O–H groups in total. The number of aromatic nitrogens is 2. The van der Waals surface area contributed by atoms with Crippen LogP contribution in [0, 0.1) is 0 Å². The fourth-order valence-electron chi connectivity index (χ4n) is 2.14. The minimum Gasteiger partial charge on any atom is -0.369 e. The van der Waals surface area contributed by atoms with Crippen LogP contribution in [-0.2, 0) is 18.9 Å². The lowest BCUT2D eigenvalue weighted by Crippen LogP contribution is -2.17. The molecule has 0 aromatic carbocycles. The van der Waals surface area contributed by atoms with E-state index in [2.05, 4.69) is 18.8 Å². The van der Waals surface area contributed by atoms with Crippen LogP contribution >= 0.6 is 0 Å². The van der Waals surface area contributed by atoms with Gasteiger partial charge in [-0.2, -0.15) is 0 Å². The van der Waals surface area contributed by atoms with Crippen molar-refractivity contribution >= 4 is 5.95 Å². The average Bonchev–Trinajstić information content (AvgIpc) is 2.39. The lowest BCUT2D eigenvalue weighted by molar-refractivity contribution is 0.491. The summed E-state index contributed by atoms with van der Waals surface area (Å²) in [6.07, 6.45) is 2.27. The molecule has 0 aliphatic heterocycles. The summed E-state index contributed by atoms with van der Waals surface area (Å²) in [6, 6.07) is 0. The summed E-state index contributed by atoms with van der Waals surface area (Å²) in [7, 11) is 1.99. The highest BCUT2D eigenvalue weighted by atomic mass is 15.2. The van der Waals surface area contributed by atoms with E-state index in [-0.39, 0.29) is 5.41 Å². The van der Waals surface area contributed by atoms with Gasteiger partial charge >= 0.3 is 0 Å². The maximum Gasteiger partial charge on any atom is 0.200 e. The van der Waals surface area contributed by atoms with Crippen molar-refractivity contribution in [2.45, 2.75) is 32.1 Å². The zero-order valence-corrected chi connectivity index (χ0v) is 7.89. The summed E-state index contributed by atoms with van der Waals surface area (Å²) < 4.78 is 2.02. The third-order valence-electron chi connectivity index (χ3n) is 2.83. The van der Waals surface area contributed by atoms with Crippen LogP contribution in [0.2, 0.25) is 0 Å². The number of nitrogens with zero attached hydrogens (tertiary/aromatic N) is 2. The van der Waals surface area contributed by atoms with Crippen molar-refractivity contribution in [1.82, 2.24) is 9.55 Å². The molecular weight excluding hydrogens is 150 g/mol. The number of hydrogen-bond donors (Lipinski definition) is 1. The molecule has 3 heteroatoms. The Morgan fingerprint density at radius 2 is 2.17 bits per heavy atom. The standard InChI is InChI=1S/C9H15N3/c1-9(2)5-4-6-7(9)12(3)8(10)11-6/h4-5H2,1-3H3,(H2,10,11). The van der Waals surface area contributed by atoms with E-state index in [1.165, 1.54) is 17.8 Å². The Kier molecular flexibility index (Phi) is 1.29. The molecule has 12 heavy (non-hydrogen) atoms. The van der Waals surface area contributed by atoms with Crippen molar-refractivity contribution in [3.63, 3.8) is 0 Å². The largest absolute Gasteiger partial charge is 0.369 e. The van der Waals surface area contributed by atoms with E-state index < -0.39 is 0 Å². The van der Waals surface area contributed by atoms with Crippen molar-refractivity contribution in [3.05, 3.63) is 11.4 Å². The maximum absolute atomic E-state index is 5.72. The van der Waals surface area contributed by atoms with E-state index in [4.69, 9.17) is 5.73 Å². The molecule has 66 valence electrons. The van der Waals surface area contributed by atoms with Gasteiger partial charge in [0.2, 0.25) is 0 Å². The number of nitrogens with two attached hydrogens (primary N) is 1. The molecule has 0 spiro atoms. The molecule has 3 nitrogen and oxygen atoms in total. The summed E-state index contributed by atoms with van der Waals surface area (Å²) >= 11 is 0. The van der Waals surface area contributed by atoms with Gasteiger partial charge in [0.15, 0.2) is 5.95 Å². The number of aryl methyl sites for hydroxylation is 1. The number of imidazole rings is 1. The van der Waals surface area contributed by atoms with E-state index >= 15 is 0 Å². The molecule has 1 heterocycles. The van der Waals surface area contributed by atoms with Crippen molar-refractivity contribution in [1.29, 1.82) is 0 Å². The quantitative estimate of drug-likeness (QED) is 0.628. The van der Waals surface area contributed by atoms with Crippen LogP contribution in [0.25, 0.3) is 0 Å². The first-order chi connectivity index (χ1) is 5.52. The van der Waals surface area contributed by atoms with E-state index in [1.807, 2.05) is 11.6 Å². The van der Waals surface area contributed by atoms with Crippen molar-refractivity contribution in [2.75, 3.05) is 5.73 Å². The molecule has 0 saturated heterocycles. The fraction of sp³-hybridized carbons (Fsp3) is 0.667. The molecule has 0 fully saturated rings. The minimum absolute atomic E-state index is 0.259. The Labute approximate surface area is 72.6 Å². The van der Waals surface area contributed by atoms with Gasteiger partial charge in [-0.25, -0.2) is 4.98 Å². The maximum atomic E-state index is 5.72. The van der Waals surface area contributed by atoms with Gasteiger partial charge in [0.1, 0.15) is 0 Å². The van der Waals surface area contributed by atoms with Gasteiger partial charge < -0.3 is 10.3 Å². The van der Waals surface area contributed by atoms with Gasteiger partial charge in [0.05, 0.1) is 5.69 Å². The van der Waals surface area contributed by atoms with E-state index in [1.54, 1.807) is 0 Å². The number of rotatable bonds is 0. The molecule has 0 unspecified atom stereocenters. The van der Waals surface area contributed by atoms with Crippen LogP contribution in [0.4, 0.5) is 5.95 Å². The number of hydrogen-bond acceptors (Lipinski definition) is 2. The number of anilines is 1. The SMILES string of the molecule is Cn1c(N)nc2c1C(C)(C)CC2. The van der Waals surface area contributed by atoms with Crippen molar-refractivity contribution < 1.29 is 0 Å². The molecule has 0 atom stereocenters. The molecule has 1 aliphatic carbocycles. The van der Waals surface area contributed by atoms with Gasteiger partial charge in [0.25, 0.3) is 0 Å². The lowest BCUT2D eigenvalue weighted by Gasteiger charge is -2.19. The summed E-state index contributed by atoms with van der Waals surface area (Å²) in [5, 5.41) is 0. The molecule has 2 rings (SSSR count). The smallest absolute Gasteiger partial charge is 0.200 e. The molecule has 0 saturated carbocycles. The average molecular weight is 165 g/mol. The van der Waals surface area contributed by atoms with Crippen LogP contribution in [0.5, 0.6) is 0 Å². The van der Waals surface area contributed by atoms with Gasteiger partial charge in [-0.05, 0) is 12.8 Å². The second kappa shape index (κ2) is 2.03. The van der Waals surface area contributed by atoms with E-state index in [0.717, 1.165) is 6.42 Å². The van der Waals surface area contributed by atoms with E-state index in [0.29, 0.717) is 5.95 Å². The third-order valence-corrected chi connectivity index (χ3v) is 2.83. The highest BCUT2D eigenvalue weighted by Crippen LogP contribution is 2.38. The topological polar surface area (TPSA) is 43.8 Å². The highest BCUT2D eigenvalue weighted by Gasteiger charge is 2.34. The Morgan fingerprint density at radius 3 is 2.75 bits per heavy atom. The molecule has 0 bridgehead atoms. The monoisotopic (exact) mass is 165 g/mol. The number of nitrogen functional groups attached to an aromatic ring is 1. The Morgan fingerprint density at radius 1 is 1.50 bits per heavy atom. The van der Waals surface area contributed by atoms with Gasteiger partial charge in [-0.15, -0.1) is 0 Å².